The van der Waals surface area contributed by atoms with Crippen molar-refractivity contribution in [3.63, 3.8) is 0 Å². The molecule has 0 bridgehead atoms. The molecule has 0 unspecified atom stereocenters. The van der Waals surface area contributed by atoms with Crippen LogP contribution >= 0.6 is 11.6 Å². The fourth-order valence-corrected chi connectivity index (χ4v) is 4.46. The molecule has 1 amide bonds. The number of aliphatic hydroxyl groups is 1. The van der Waals surface area contributed by atoms with Gasteiger partial charge in [-0.2, -0.15) is 0 Å². The molecule has 1 fully saturated rings. The second kappa shape index (κ2) is 8.76. The van der Waals surface area contributed by atoms with E-state index in [0.29, 0.717) is 60.3 Å². The van der Waals surface area contributed by atoms with E-state index >= 15 is 0 Å². The summed E-state index contributed by atoms with van der Waals surface area (Å²) in [4.78, 5) is 31.4. The number of nitrogens with zero attached hydrogens (tertiary/aromatic N) is 3. The molecule has 1 N–H and O–H groups in total. The van der Waals surface area contributed by atoms with Gasteiger partial charge in [0, 0.05) is 39.1 Å². The largest absolute Gasteiger partial charge is 0.384 e. The SMILES string of the molecule is CCOC1(c2cc3c(Cl)nc(C)c(C#CCO)c3n(C)c2=O)CCN(C(C)=O)CC1. The Balaban J connectivity index is 2.26. The van der Waals surface area contributed by atoms with Crippen LogP contribution in [0.2, 0.25) is 5.15 Å². The molecule has 0 aliphatic carbocycles. The molecule has 2 aromatic heterocycles. The molecule has 30 heavy (non-hydrogen) atoms. The molecule has 0 radical (unpaired) electrons. The number of aliphatic hydroxyl groups excluding tert-OH is 1. The number of hydrogen-bond acceptors (Lipinski definition) is 5. The summed E-state index contributed by atoms with van der Waals surface area (Å²) < 4.78 is 7.68. The first kappa shape index (κ1) is 22.3. The predicted molar refractivity (Wildman–Crippen MR) is 115 cm³/mol. The van der Waals surface area contributed by atoms with Crippen LogP contribution in [0, 0.1) is 18.8 Å². The Morgan fingerprint density at radius 1 is 1.40 bits per heavy atom. The molecule has 1 aliphatic rings. The van der Waals surface area contributed by atoms with Gasteiger partial charge in [-0.25, -0.2) is 4.98 Å². The maximum atomic E-state index is 13.5. The monoisotopic (exact) mass is 431 g/mol. The summed E-state index contributed by atoms with van der Waals surface area (Å²) in [7, 11) is 1.68. The summed E-state index contributed by atoms with van der Waals surface area (Å²) in [6, 6.07) is 1.76. The molecule has 8 heteroatoms. The van der Waals surface area contributed by atoms with Crippen LogP contribution in [-0.2, 0) is 22.2 Å². The van der Waals surface area contributed by atoms with Gasteiger partial charge >= 0.3 is 0 Å². The molecule has 0 spiro atoms. The number of fused-ring (bicyclic) bond motifs is 1. The highest BCUT2D eigenvalue weighted by atomic mass is 35.5. The smallest absolute Gasteiger partial charge is 0.256 e. The van der Waals surface area contributed by atoms with E-state index in [1.807, 2.05) is 6.92 Å². The molecule has 0 atom stereocenters. The number of pyridine rings is 2. The third kappa shape index (κ3) is 3.83. The minimum absolute atomic E-state index is 0.0151. The van der Waals surface area contributed by atoms with Crippen LogP contribution in [0.1, 0.15) is 43.5 Å². The summed E-state index contributed by atoms with van der Waals surface area (Å²) >= 11 is 6.47. The Kier molecular flexibility index (Phi) is 6.51. The predicted octanol–water partition coefficient (Wildman–Crippen LogP) is 2.11. The lowest BCUT2D eigenvalue weighted by molar-refractivity contribution is -0.136. The Morgan fingerprint density at radius 2 is 2.07 bits per heavy atom. The number of carbonyl (C=O) groups is 1. The highest BCUT2D eigenvalue weighted by molar-refractivity contribution is 6.34. The number of aromatic nitrogens is 2. The first-order valence-corrected chi connectivity index (χ1v) is 10.3. The number of carbonyl (C=O) groups excluding carboxylic acids is 1. The zero-order valence-corrected chi connectivity index (χ0v) is 18.5. The third-order valence-corrected chi connectivity index (χ3v) is 6.01. The third-order valence-electron chi connectivity index (χ3n) is 5.72. The minimum atomic E-state index is -0.797. The van der Waals surface area contributed by atoms with Crippen molar-refractivity contribution in [3.05, 3.63) is 38.4 Å². The Hall–Kier alpha value is -2.40. The quantitative estimate of drug-likeness (QED) is 0.594. The molecule has 7 nitrogen and oxygen atoms in total. The molecular formula is C22H26ClN3O4. The molecule has 1 saturated heterocycles. The van der Waals surface area contributed by atoms with E-state index in [-0.39, 0.29) is 23.2 Å². The Labute approximate surface area is 180 Å². The molecule has 1 aliphatic heterocycles. The van der Waals surface area contributed by atoms with Gasteiger partial charge in [0.05, 0.1) is 22.3 Å². The van der Waals surface area contributed by atoms with Crippen molar-refractivity contribution in [3.8, 4) is 11.8 Å². The normalized spacial score (nSPS) is 15.7. The van der Waals surface area contributed by atoms with Crippen LogP contribution in [0.5, 0.6) is 0 Å². The van der Waals surface area contributed by atoms with Crippen molar-refractivity contribution in [2.24, 2.45) is 7.05 Å². The lowest BCUT2D eigenvalue weighted by Gasteiger charge is -2.41. The lowest BCUT2D eigenvalue weighted by atomic mass is 9.84. The van der Waals surface area contributed by atoms with E-state index < -0.39 is 5.60 Å². The van der Waals surface area contributed by atoms with Crippen molar-refractivity contribution >= 4 is 28.4 Å². The van der Waals surface area contributed by atoms with Gasteiger partial charge in [-0.05, 0) is 32.8 Å². The number of ether oxygens (including phenoxy) is 1. The second-order valence-corrected chi connectivity index (χ2v) is 7.80. The second-order valence-electron chi connectivity index (χ2n) is 7.44. The fourth-order valence-electron chi connectivity index (χ4n) is 4.19. The van der Waals surface area contributed by atoms with E-state index in [1.54, 1.807) is 31.9 Å². The summed E-state index contributed by atoms with van der Waals surface area (Å²) in [5.74, 6) is 5.54. The van der Waals surface area contributed by atoms with Gasteiger partial charge in [0.1, 0.15) is 17.4 Å². The molecule has 3 heterocycles. The minimum Gasteiger partial charge on any atom is -0.384 e. The average molecular weight is 432 g/mol. The molecular weight excluding hydrogens is 406 g/mol. The molecule has 2 aromatic rings. The number of hydrogen-bond donors (Lipinski definition) is 1. The van der Waals surface area contributed by atoms with Crippen molar-refractivity contribution in [1.29, 1.82) is 0 Å². The van der Waals surface area contributed by atoms with Gasteiger partial charge in [-0.3, -0.25) is 9.59 Å². The molecule has 160 valence electrons. The van der Waals surface area contributed by atoms with Crippen LogP contribution < -0.4 is 5.56 Å². The summed E-state index contributed by atoms with van der Waals surface area (Å²) in [5, 5.41) is 9.99. The highest BCUT2D eigenvalue weighted by Gasteiger charge is 2.40. The fraction of sp³-hybridized carbons (Fsp3) is 0.500. The summed E-state index contributed by atoms with van der Waals surface area (Å²) in [6.07, 6.45) is 1.05. The van der Waals surface area contributed by atoms with Crippen LogP contribution in [-0.4, -0.2) is 51.8 Å². The van der Waals surface area contributed by atoms with E-state index in [1.165, 1.54) is 4.57 Å². The first-order chi connectivity index (χ1) is 14.3. The number of piperidine rings is 1. The number of rotatable bonds is 3. The van der Waals surface area contributed by atoms with Crippen molar-refractivity contribution in [1.82, 2.24) is 14.5 Å². The van der Waals surface area contributed by atoms with Gasteiger partial charge in [-0.1, -0.05) is 23.4 Å². The van der Waals surface area contributed by atoms with E-state index in [2.05, 4.69) is 16.8 Å². The lowest BCUT2D eigenvalue weighted by Crippen LogP contribution is -2.48. The van der Waals surface area contributed by atoms with Crippen LogP contribution in [0.25, 0.3) is 10.9 Å². The standard InChI is InChI=1S/C22H26ClN3O4/c1-5-30-22(8-10-26(11-9-22)15(3)28)18-13-17-19(25(4)21(18)29)16(7-6-12-27)14(2)24-20(17)23/h13,27H,5,8-12H2,1-4H3. The van der Waals surface area contributed by atoms with Crippen molar-refractivity contribution in [2.45, 2.75) is 39.2 Å². The zero-order chi connectivity index (χ0) is 22.1. The summed E-state index contributed by atoms with van der Waals surface area (Å²) in [5.41, 5.74) is 1.25. The summed E-state index contributed by atoms with van der Waals surface area (Å²) in [6.45, 7) is 6.39. The maximum Gasteiger partial charge on any atom is 0.256 e. The van der Waals surface area contributed by atoms with Crippen LogP contribution in [0.4, 0.5) is 0 Å². The van der Waals surface area contributed by atoms with Gasteiger partial charge < -0.3 is 19.3 Å². The number of aryl methyl sites for hydroxylation is 2. The number of likely N-dealkylation sites (tertiary alicyclic amines) is 1. The highest BCUT2D eigenvalue weighted by Crippen LogP contribution is 2.37. The van der Waals surface area contributed by atoms with Crippen molar-refractivity contribution < 1.29 is 14.6 Å². The van der Waals surface area contributed by atoms with E-state index in [4.69, 9.17) is 21.4 Å². The van der Waals surface area contributed by atoms with Crippen molar-refractivity contribution in [2.75, 3.05) is 26.3 Å². The molecule has 3 rings (SSSR count). The van der Waals surface area contributed by atoms with Crippen LogP contribution in [0.3, 0.4) is 0 Å². The van der Waals surface area contributed by atoms with E-state index in [0.717, 1.165) is 0 Å². The molecule has 0 saturated carbocycles. The van der Waals surface area contributed by atoms with E-state index in [9.17, 15) is 9.59 Å². The van der Waals surface area contributed by atoms with Gasteiger partial charge in [0.25, 0.3) is 5.56 Å². The maximum absolute atomic E-state index is 13.5. The topological polar surface area (TPSA) is 84.7 Å². The number of halogens is 1. The number of amides is 1. The van der Waals surface area contributed by atoms with Gasteiger partial charge in [0.2, 0.25) is 5.91 Å². The van der Waals surface area contributed by atoms with Gasteiger partial charge in [0.15, 0.2) is 0 Å². The zero-order valence-electron chi connectivity index (χ0n) is 17.7. The Morgan fingerprint density at radius 3 is 2.63 bits per heavy atom. The first-order valence-electron chi connectivity index (χ1n) is 9.95. The average Bonchev–Trinajstić information content (AvgIpc) is 2.71. The van der Waals surface area contributed by atoms with Gasteiger partial charge in [-0.15, -0.1) is 0 Å². The molecule has 0 aromatic carbocycles. The Bertz CT molecular complexity index is 1110. The van der Waals surface area contributed by atoms with Crippen LogP contribution in [0.15, 0.2) is 10.9 Å².